The van der Waals surface area contributed by atoms with E-state index in [1.807, 2.05) is 11.0 Å². The van der Waals surface area contributed by atoms with Gasteiger partial charge in [0.2, 0.25) is 0 Å². The maximum Gasteiger partial charge on any atom is 0.343 e. The van der Waals surface area contributed by atoms with Crippen LogP contribution in [0.25, 0.3) is 0 Å². The number of fused-ring (bicyclic) bond motifs is 1. The Hall–Kier alpha value is -2.61. The van der Waals surface area contributed by atoms with E-state index < -0.39 is 0 Å². The van der Waals surface area contributed by atoms with Gasteiger partial charge < -0.3 is 15.0 Å². The Bertz CT molecular complexity index is 977. The third-order valence-electron chi connectivity index (χ3n) is 6.67. The minimum absolute atomic E-state index is 0.0849. The van der Waals surface area contributed by atoms with E-state index in [4.69, 9.17) is 4.74 Å². The first-order valence-electron chi connectivity index (χ1n) is 10.5. The van der Waals surface area contributed by atoms with Gasteiger partial charge in [0.05, 0.1) is 19.3 Å². The van der Waals surface area contributed by atoms with Crippen molar-refractivity contribution in [2.45, 2.75) is 44.9 Å². The molecule has 2 N–H and O–H groups in total. The molecule has 3 heterocycles. The Morgan fingerprint density at radius 1 is 1.34 bits per heavy atom. The lowest BCUT2D eigenvalue weighted by molar-refractivity contribution is 0.110. The number of carbonyl (C=O) groups is 1. The van der Waals surface area contributed by atoms with Gasteiger partial charge in [-0.15, -0.1) is 0 Å². The number of carbonyl (C=O) groups excluding carboxylic acids is 1. The topological polar surface area (TPSA) is 92.2 Å². The molecule has 2 aromatic rings. The number of amides is 2. The van der Waals surface area contributed by atoms with E-state index in [2.05, 4.69) is 27.6 Å². The Morgan fingerprint density at radius 3 is 2.97 bits per heavy atom. The number of aromatic amines is 1. The minimum atomic E-state index is -0.236. The molecule has 2 atom stereocenters. The number of benzene rings is 1. The summed E-state index contributed by atoms with van der Waals surface area (Å²) in [6.45, 7) is 2.56. The number of rotatable bonds is 4. The van der Waals surface area contributed by atoms with E-state index in [0.717, 1.165) is 25.0 Å². The summed E-state index contributed by atoms with van der Waals surface area (Å²) in [6, 6.07) is 5.96. The SMILES string of the molecule is Cn1c(C2C(C3CC3)CCN2C(=O)NCc2cccc3c2CCOC3)n[nH]c1=O. The Kier molecular flexibility index (Phi) is 4.66. The van der Waals surface area contributed by atoms with Crippen molar-refractivity contribution in [2.75, 3.05) is 13.2 Å². The number of aromatic nitrogens is 3. The van der Waals surface area contributed by atoms with Gasteiger partial charge in [-0.2, -0.15) is 5.10 Å². The second kappa shape index (κ2) is 7.33. The van der Waals surface area contributed by atoms with Gasteiger partial charge in [0, 0.05) is 20.1 Å². The van der Waals surface area contributed by atoms with Crippen LogP contribution in [0.3, 0.4) is 0 Å². The predicted octanol–water partition coefficient (Wildman–Crippen LogP) is 1.86. The monoisotopic (exact) mass is 397 g/mol. The molecule has 3 aliphatic rings. The molecule has 154 valence electrons. The van der Waals surface area contributed by atoms with Gasteiger partial charge in [0.15, 0.2) is 5.82 Å². The van der Waals surface area contributed by atoms with Crippen LogP contribution in [0.2, 0.25) is 0 Å². The molecule has 5 rings (SSSR count). The highest BCUT2D eigenvalue weighted by Gasteiger charge is 2.47. The molecule has 0 bridgehead atoms. The average Bonchev–Trinajstić information content (AvgIpc) is 3.42. The lowest BCUT2D eigenvalue weighted by Gasteiger charge is -2.28. The number of hydrogen-bond donors (Lipinski definition) is 2. The molecule has 0 radical (unpaired) electrons. The van der Waals surface area contributed by atoms with Crippen molar-refractivity contribution in [3.63, 3.8) is 0 Å². The van der Waals surface area contributed by atoms with E-state index >= 15 is 0 Å². The zero-order valence-electron chi connectivity index (χ0n) is 16.7. The van der Waals surface area contributed by atoms with Crippen LogP contribution in [-0.4, -0.2) is 38.8 Å². The van der Waals surface area contributed by atoms with Crippen LogP contribution >= 0.6 is 0 Å². The summed E-state index contributed by atoms with van der Waals surface area (Å²) < 4.78 is 7.08. The molecule has 1 aliphatic carbocycles. The van der Waals surface area contributed by atoms with Crippen molar-refractivity contribution >= 4 is 6.03 Å². The zero-order valence-corrected chi connectivity index (χ0v) is 16.7. The first-order valence-corrected chi connectivity index (χ1v) is 10.5. The number of nitrogens with zero attached hydrogens (tertiary/aromatic N) is 3. The van der Waals surface area contributed by atoms with Gasteiger partial charge in [-0.05, 0) is 54.2 Å². The van der Waals surface area contributed by atoms with Crippen molar-refractivity contribution in [3.05, 3.63) is 51.2 Å². The van der Waals surface area contributed by atoms with Gasteiger partial charge >= 0.3 is 11.7 Å². The van der Waals surface area contributed by atoms with E-state index in [-0.39, 0.29) is 17.8 Å². The maximum atomic E-state index is 13.1. The number of nitrogens with one attached hydrogen (secondary N) is 2. The van der Waals surface area contributed by atoms with E-state index in [0.29, 0.717) is 37.4 Å². The number of H-pyrrole nitrogens is 1. The first kappa shape index (κ1) is 18.4. The second-order valence-corrected chi connectivity index (χ2v) is 8.39. The summed E-state index contributed by atoms with van der Waals surface area (Å²) in [5, 5.41) is 9.91. The van der Waals surface area contributed by atoms with Crippen molar-refractivity contribution in [3.8, 4) is 0 Å². The summed E-state index contributed by atoms with van der Waals surface area (Å²) >= 11 is 0. The van der Waals surface area contributed by atoms with Gasteiger partial charge in [-0.25, -0.2) is 14.7 Å². The van der Waals surface area contributed by atoms with Gasteiger partial charge in [-0.1, -0.05) is 18.2 Å². The van der Waals surface area contributed by atoms with Crippen molar-refractivity contribution in [2.24, 2.45) is 18.9 Å². The lowest BCUT2D eigenvalue weighted by Crippen LogP contribution is -2.41. The largest absolute Gasteiger partial charge is 0.376 e. The number of hydrogen-bond acceptors (Lipinski definition) is 4. The van der Waals surface area contributed by atoms with E-state index in [1.54, 1.807) is 11.6 Å². The highest BCUT2D eigenvalue weighted by Crippen LogP contribution is 2.49. The highest BCUT2D eigenvalue weighted by atomic mass is 16.5. The fourth-order valence-corrected chi connectivity index (χ4v) is 4.96. The molecule has 2 fully saturated rings. The molecule has 1 saturated heterocycles. The summed E-state index contributed by atoms with van der Waals surface area (Å²) in [5.41, 5.74) is 3.42. The fourth-order valence-electron chi connectivity index (χ4n) is 4.96. The molecule has 29 heavy (non-hydrogen) atoms. The zero-order chi connectivity index (χ0) is 20.0. The maximum absolute atomic E-state index is 13.1. The van der Waals surface area contributed by atoms with Crippen molar-refractivity contribution in [1.82, 2.24) is 25.0 Å². The summed E-state index contributed by atoms with van der Waals surface area (Å²) in [5.74, 6) is 1.66. The number of urea groups is 1. The standard InChI is InChI=1S/C21H27N5O3/c1-25-19(23-24-21(25)28)18-17(13-5-6-13)7-9-26(18)20(27)22-11-14-3-2-4-15-12-29-10-8-16(14)15/h2-4,13,17-18H,5-12H2,1H3,(H,22,27)(H,24,28). The van der Waals surface area contributed by atoms with Gasteiger partial charge in [-0.3, -0.25) is 4.57 Å². The quantitative estimate of drug-likeness (QED) is 0.824. The third kappa shape index (κ3) is 3.35. The van der Waals surface area contributed by atoms with Crippen LogP contribution in [0.5, 0.6) is 0 Å². The predicted molar refractivity (Wildman–Crippen MR) is 106 cm³/mol. The second-order valence-electron chi connectivity index (χ2n) is 8.39. The summed E-state index contributed by atoms with van der Waals surface area (Å²) in [7, 11) is 1.72. The molecule has 2 unspecified atom stereocenters. The van der Waals surface area contributed by atoms with E-state index in [1.165, 1.54) is 24.0 Å². The molecular weight excluding hydrogens is 370 g/mol. The Morgan fingerprint density at radius 2 is 2.21 bits per heavy atom. The molecule has 8 heteroatoms. The van der Waals surface area contributed by atoms with Crippen LogP contribution in [0.4, 0.5) is 4.79 Å². The van der Waals surface area contributed by atoms with Crippen LogP contribution in [0.1, 0.15) is 47.8 Å². The normalized spacial score (nSPS) is 23.8. The molecule has 0 spiro atoms. The van der Waals surface area contributed by atoms with E-state index in [9.17, 15) is 9.59 Å². The molecule has 1 aromatic heterocycles. The molecule has 8 nitrogen and oxygen atoms in total. The van der Waals surface area contributed by atoms with Gasteiger partial charge in [0.25, 0.3) is 0 Å². The van der Waals surface area contributed by atoms with Crippen molar-refractivity contribution < 1.29 is 9.53 Å². The Balaban J connectivity index is 1.35. The van der Waals surface area contributed by atoms with Gasteiger partial charge in [0.1, 0.15) is 0 Å². The summed E-state index contributed by atoms with van der Waals surface area (Å²) in [4.78, 5) is 26.9. The first-order chi connectivity index (χ1) is 14.1. The highest BCUT2D eigenvalue weighted by molar-refractivity contribution is 5.75. The van der Waals surface area contributed by atoms with Crippen LogP contribution in [0, 0.1) is 11.8 Å². The molecule has 1 aromatic carbocycles. The summed E-state index contributed by atoms with van der Waals surface area (Å²) in [6.07, 6.45) is 4.25. The van der Waals surface area contributed by atoms with Crippen molar-refractivity contribution in [1.29, 1.82) is 0 Å². The van der Waals surface area contributed by atoms with Crippen LogP contribution in [0.15, 0.2) is 23.0 Å². The number of ether oxygens (including phenoxy) is 1. The molecule has 2 aliphatic heterocycles. The van der Waals surface area contributed by atoms with Crippen LogP contribution < -0.4 is 11.0 Å². The molecular formula is C21H27N5O3. The lowest BCUT2D eigenvalue weighted by atomic mass is 9.94. The van der Waals surface area contributed by atoms with Crippen LogP contribution in [-0.2, 0) is 31.4 Å². The number of likely N-dealkylation sites (tertiary alicyclic amines) is 1. The fraction of sp³-hybridized carbons (Fsp3) is 0.571. The average molecular weight is 397 g/mol. The molecule has 2 amide bonds. The minimum Gasteiger partial charge on any atom is -0.376 e. The smallest absolute Gasteiger partial charge is 0.343 e. The third-order valence-corrected chi connectivity index (χ3v) is 6.67. The Labute approximate surface area is 169 Å². The molecule has 1 saturated carbocycles.